The summed E-state index contributed by atoms with van der Waals surface area (Å²) in [6.45, 7) is 1.58. The fourth-order valence-corrected chi connectivity index (χ4v) is 2.42. The second kappa shape index (κ2) is 4.66. The van der Waals surface area contributed by atoms with Crippen molar-refractivity contribution < 1.29 is 4.74 Å². The van der Waals surface area contributed by atoms with Crippen molar-refractivity contribution in [2.45, 2.75) is 25.5 Å². The molecule has 1 fully saturated rings. The van der Waals surface area contributed by atoms with Gasteiger partial charge in [0.1, 0.15) is 5.69 Å². The van der Waals surface area contributed by atoms with E-state index in [9.17, 15) is 0 Å². The number of hydrogen-bond donors (Lipinski definition) is 1. The van der Waals surface area contributed by atoms with Gasteiger partial charge >= 0.3 is 0 Å². The highest BCUT2D eigenvalue weighted by Crippen LogP contribution is 2.19. The number of aromatic amines is 1. The lowest BCUT2D eigenvalue weighted by Crippen LogP contribution is -2.16. The molecule has 0 aromatic carbocycles. The van der Waals surface area contributed by atoms with E-state index in [0.717, 1.165) is 37.5 Å². The van der Waals surface area contributed by atoms with E-state index in [1.807, 2.05) is 23.9 Å². The van der Waals surface area contributed by atoms with Crippen molar-refractivity contribution in [3.8, 4) is 11.5 Å². The Balaban J connectivity index is 1.93. The van der Waals surface area contributed by atoms with Gasteiger partial charge in [-0.15, -0.1) is 0 Å². The van der Waals surface area contributed by atoms with Crippen molar-refractivity contribution in [2.24, 2.45) is 7.05 Å². The molecule has 1 aliphatic heterocycles. The maximum absolute atomic E-state index is 5.64. The van der Waals surface area contributed by atoms with Gasteiger partial charge in [-0.3, -0.25) is 14.3 Å². The highest BCUT2D eigenvalue weighted by Gasteiger charge is 2.19. The van der Waals surface area contributed by atoms with Crippen LogP contribution in [0.1, 0.15) is 12.8 Å². The van der Waals surface area contributed by atoms with Gasteiger partial charge in [-0.2, -0.15) is 10.2 Å². The van der Waals surface area contributed by atoms with E-state index >= 15 is 0 Å². The molecule has 3 rings (SSSR count). The van der Waals surface area contributed by atoms with Crippen LogP contribution in [-0.2, 0) is 18.3 Å². The van der Waals surface area contributed by atoms with Crippen LogP contribution in [0.3, 0.4) is 0 Å². The SMILES string of the molecule is Cn1ccc(-c2n[nH]c(=S)n2C[C@H]2CCCO2)n1. The van der Waals surface area contributed by atoms with Gasteiger partial charge in [0.15, 0.2) is 10.6 Å². The molecular weight excluding hydrogens is 250 g/mol. The molecule has 1 N–H and O–H groups in total. The fraction of sp³-hybridized carbons (Fsp3) is 0.545. The summed E-state index contributed by atoms with van der Waals surface area (Å²) in [6.07, 6.45) is 4.32. The van der Waals surface area contributed by atoms with Gasteiger partial charge < -0.3 is 4.74 Å². The lowest BCUT2D eigenvalue weighted by molar-refractivity contribution is 0.0969. The third kappa shape index (κ3) is 2.11. The first-order valence-corrected chi connectivity index (χ1v) is 6.41. The van der Waals surface area contributed by atoms with E-state index in [0.29, 0.717) is 4.77 Å². The normalized spacial score (nSPS) is 19.5. The van der Waals surface area contributed by atoms with Crippen LogP contribution in [0.5, 0.6) is 0 Å². The van der Waals surface area contributed by atoms with Crippen LogP contribution in [0, 0.1) is 4.77 Å². The van der Waals surface area contributed by atoms with Crippen LogP contribution in [0.25, 0.3) is 11.5 Å². The molecule has 0 unspecified atom stereocenters. The smallest absolute Gasteiger partial charge is 0.195 e. The number of aryl methyl sites for hydroxylation is 1. The topological polar surface area (TPSA) is 60.7 Å². The van der Waals surface area contributed by atoms with Gasteiger partial charge in [0.2, 0.25) is 0 Å². The molecule has 6 nitrogen and oxygen atoms in total. The molecule has 96 valence electrons. The van der Waals surface area contributed by atoms with Crippen LogP contribution >= 0.6 is 12.2 Å². The van der Waals surface area contributed by atoms with Gasteiger partial charge in [0.05, 0.1) is 12.6 Å². The van der Waals surface area contributed by atoms with Gasteiger partial charge in [0.25, 0.3) is 0 Å². The van der Waals surface area contributed by atoms with E-state index in [4.69, 9.17) is 17.0 Å². The van der Waals surface area contributed by atoms with E-state index in [2.05, 4.69) is 15.3 Å². The zero-order valence-corrected chi connectivity index (χ0v) is 11.0. The van der Waals surface area contributed by atoms with Crippen LogP contribution < -0.4 is 0 Å². The largest absolute Gasteiger partial charge is 0.376 e. The molecule has 2 aromatic heterocycles. The molecule has 0 radical (unpaired) electrons. The predicted octanol–water partition coefficient (Wildman–Crippen LogP) is 1.52. The van der Waals surface area contributed by atoms with Crippen molar-refractivity contribution in [1.29, 1.82) is 0 Å². The average Bonchev–Trinajstić information content (AvgIpc) is 3.04. The summed E-state index contributed by atoms with van der Waals surface area (Å²) >= 11 is 5.27. The van der Waals surface area contributed by atoms with Crippen LogP contribution in [0.4, 0.5) is 0 Å². The lowest BCUT2D eigenvalue weighted by atomic mass is 10.2. The fourth-order valence-electron chi connectivity index (χ4n) is 2.21. The Hall–Kier alpha value is -1.47. The summed E-state index contributed by atoms with van der Waals surface area (Å²) in [5.74, 6) is 0.774. The summed E-state index contributed by atoms with van der Waals surface area (Å²) in [5, 5.41) is 11.4. The van der Waals surface area contributed by atoms with Crippen molar-refractivity contribution in [3.05, 3.63) is 17.0 Å². The molecule has 1 aliphatic rings. The van der Waals surface area contributed by atoms with Gasteiger partial charge in [0, 0.05) is 19.9 Å². The van der Waals surface area contributed by atoms with E-state index in [1.54, 1.807) is 4.68 Å². The first-order chi connectivity index (χ1) is 8.74. The molecule has 0 amide bonds. The van der Waals surface area contributed by atoms with Gasteiger partial charge in [-0.05, 0) is 31.1 Å². The Morgan fingerprint density at radius 3 is 3.17 bits per heavy atom. The minimum Gasteiger partial charge on any atom is -0.376 e. The maximum atomic E-state index is 5.64. The minimum absolute atomic E-state index is 0.233. The maximum Gasteiger partial charge on any atom is 0.195 e. The molecule has 3 heterocycles. The Kier molecular flexibility index (Phi) is 3.00. The molecule has 0 aliphatic carbocycles. The second-order valence-electron chi connectivity index (χ2n) is 4.47. The molecule has 2 aromatic rings. The van der Waals surface area contributed by atoms with Gasteiger partial charge in [-0.25, -0.2) is 0 Å². The van der Waals surface area contributed by atoms with Crippen molar-refractivity contribution >= 4 is 12.2 Å². The summed E-state index contributed by atoms with van der Waals surface area (Å²) in [4.78, 5) is 0. The van der Waals surface area contributed by atoms with Crippen molar-refractivity contribution in [2.75, 3.05) is 6.61 Å². The number of rotatable bonds is 3. The summed E-state index contributed by atoms with van der Waals surface area (Å²) in [7, 11) is 1.88. The third-order valence-corrected chi connectivity index (χ3v) is 3.42. The Morgan fingerprint density at radius 1 is 1.61 bits per heavy atom. The number of aromatic nitrogens is 5. The average molecular weight is 265 g/mol. The van der Waals surface area contributed by atoms with Crippen LogP contribution in [-0.4, -0.2) is 37.3 Å². The van der Waals surface area contributed by atoms with Crippen LogP contribution in [0.2, 0.25) is 0 Å². The number of hydrogen-bond acceptors (Lipinski definition) is 4. The molecule has 1 saturated heterocycles. The van der Waals surface area contributed by atoms with E-state index < -0.39 is 0 Å². The lowest BCUT2D eigenvalue weighted by Gasteiger charge is -2.11. The molecule has 7 heteroatoms. The van der Waals surface area contributed by atoms with Crippen molar-refractivity contribution in [3.63, 3.8) is 0 Å². The summed E-state index contributed by atoms with van der Waals surface area (Å²) in [6, 6.07) is 1.93. The number of nitrogens with one attached hydrogen (secondary N) is 1. The van der Waals surface area contributed by atoms with Gasteiger partial charge in [-0.1, -0.05) is 0 Å². The van der Waals surface area contributed by atoms with E-state index in [-0.39, 0.29) is 6.10 Å². The number of nitrogens with zero attached hydrogens (tertiary/aromatic N) is 4. The standard InChI is InChI=1S/C11H15N5OS/c1-15-5-4-9(14-15)10-12-13-11(18)16(10)7-8-3-2-6-17-8/h4-5,8H,2-3,6-7H2,1H3,(H,13,18)/t8-/m1/s1. The molecule has 0 spiro atoms. The third-order valence-electron chi connectivity index (χ3n) is 3.11. The molecule has 0 saturated carbocycles. The Bertz CT molecular complexity index is 593. The van der Waals surface area contributed by atoms with E-state index in [1.165, 1.54) is 0 Å². The van der Waals surface area contributed by atoms with Crippen molar-refractivity contribution in [1.82, 2.24) is 24.5 Å². The first kappa shape index (κ1) is 11.6. The molecule has 1 atom stereocenters. The predicted molar refractivity (Wildman–Crippen MR) is 68.6 cm³/mol. The highest BCUT2D eigenvalue weighted by molar-refractivity contribution is 7.71. The number of ether oxygens (including phenoxy) is 1. The number of H-pyrrole nitrogens is 1. The highest BCUT2D eigenvalue weighted by atomic mass is 32.1. The molecule has 0 bridgehead atoms. The summed E-state index contributed by atoms with van der Waals surface area (Å²) < 4.78 is 9.98. The Morgan fingerprint density at radius 2 is 2.50 bits per heavy atom. The van der Waals surface area contributed by atoms with Crippen LogP contribution in [0.15, 0.2) is 12.3 Å². The zero-order valence-electron chi connectivity index (χ0n) is 10.2. The first-order valence-electron chi connectivity index (χ1n) is 6.01. The molecule has 18 heavy (non-hydrogen) atoms. The Labute approximate surface area is 110 Å². The monoisotopic (exact) mass is 265 g/mol. The summed E-state index contributed by atoms with van der Waals surface area (Å²) in [5.41, 5.74) is 0.822. The second-order valence-corrected chi connectivity index (χ2v) is 4.86. The molecular formula is C11H15N5OS. The minimum atomic E-state index is 0.233. The zero-order chi connectivity index (χ0) is 12.5. The quantitative estimate of drug-likeness (QED) is 0.855.